The number of carboxylic acids is 1. The number of hydrogen-bond acceptors (Lipinski definition) is 1. The molecule has 0 atom stereocenters. The SMILES string of the molecule is O=C(O)C(=CCl)CCl. The van der Waals surface area contributed by atoms with E-state index in [0.717, 1.165) is 5.54 Å². The van der Waals surface area contributed by atoms with Gasteiger partial charge < -0.3 is 5.11 Å². The summed E-state index contributed by atoms with van der Waals surface area (Å²) < 4.78 is 0. The van der Waals surface area contributed by atoms with E-state index in [9.17, 15) is 4.79 Å². The average molecular weight is 155 g/mol. The molecule has 0 rings (SSSR count). The summed E-state index contributed by atoms with van der Waals surface area (Å²) in [6.45, 7) is 0. The Morgan fingerprint density at radius 1 is 1.75 bits per heavy atom. The number of halogens is 2. The largest absolute Gasteiger partial charge is 0.478 e. The lowest BCUT2D eigenvalue weighted by Crippen LogP contribution is -1.99. The predicted octanol–water partition coefficient (Wildman–Crippen LogP) is 1.43. The molecule has 2 nitrogen and oxygen atoms in total. The monoisotopic (exact) mass is 154 g/mol. The van der Waals surface area contributed by atoms with Crippen molar-refractivity contribution in [3.05, 3.63) is 11.1 Å². The number of alkyl halides is 1. The zero-order valence-electron chi connectivity index (χ0n) is 3.90. The molecule has 0 unspecified atom stereocenters. The number of carbonyl (C=O) groups is 1. The van der Waals surface area contributed by atoms with E-state index in [1.54, 1.807) is 0 Å². The number of hydrogen-bond donors (Lipinski definition) is 1. The molecule has 0 aromatic rings. The van der Waals surface area contributed by atoms with Gasteiger partial charge in [0.15, 0.2) is 0 Å². The molecule has 0 amide bonds. The zero-order valence-corrected chi connectivity index (χ0v) is 5.41. The van der Waals surface area contributed by atoms with Crippen LogP contribution in [0.5, 0.6) is 0 Å². The summed E-state index contributed by atoms with van der Waals surface area (Å²) in [6.07, 6.45) is 0. The van der Waals surface area contributed by atoms with E-state index in [1.807, 2.05) is 0 Å². The van der Waals surface area contributed by atoms with Gasteiger partial charge in [0.2, 0.25) is 0 Å². The molecule has 0 aliphatic heterocycles. The lowest BCUT2D eigenvalue weighted by molar-refractivity contribution is -0.132. The van der Waals surface area contributed by atoms with Crippen molar-refractivity contribution in [2.24, 2.45) is 0 Å². The van der Waals surface area contributed by atoms with Crippen molar-refractivity contribution in [3.8, 4) is 0 Å². The molecule has 1 N–H and O–H groups in total. The van der Waals surface area contributed by atoms with Gasteiger partial charge in [0.1, 0.15) is 0 Å². The van der Waals surface area contributed by atoms with Gasteiger partial charge in [0.25, 0.3) is 0 Å². The lowest BCUT2D eigenvalue weighted by Gasteiger charge is -1.88. The van der Waals surface area contributed by atoms with Gasteiger partial charge in [-0.1, -0.05) is 11.6 Å². The molecule has 0 aliphatic rings. The quantitative estimate of drug-likeness (QED) is 0.483. The minimum Gasteiger partial charge on any atom is -0.478 e. The Hall–Kier alpha value is -0.210. The highest BCUT2D eigenvalue weighted by Gasteiger charge is 2.01. The third-order valence-electron chi connectivity index (χ3n) is 0.550. The van der Waals surface area contributed by atoms with Crippen LogP contribution in [-0.2, 0) is 4.79 Å². The van der Waals surface area contributed by atoms with E-state index < -0.39 is 5.97 Å². The third kappa shape index (κ3) is 2.19. The van der Waals surface area contributed by atoms with Gasteiger partial charge in [-0.05, 0) is 0 Å². The summed E-state index contributed by atoms with van der Waals surface area (Å²) in [5.41, 5.74) is 0.961. The van der Waals surface area contributed by atoms with Crippen molar-refractivity contribution < 1.29 is 9.90 Å². The van der Waals surface area contributed by atoms with Crippen molar-refractivity contribution in [1.29, 1.82) is 0 Å². The molecule has 46 valence electrons. The van der Waals surface area contributed by atoms with Crippen LogP contribution in [0.4, 0.5) is 0 Å². The molecule has 0 aromatic carbocycles. The zero-order chi connectivity index (χ0) is 6.57. The van der Waals surface area contributed by atoms with Crippen LogP contribution in [0, 0.1) is 0 Å². The maximum atomic E-state index is 9.92. The van der Waals surface area contributed by atoms with Crippen molar-refractivity contribution in [2.45, 2.75) is 0 Å². The molecule has 4 heteroatoms. The smallest absolute Gasteiger partial charge is 0.333 e. The van der Waals surface area contributed by atoms with Gasteiger partial charge in [-0.3, -0.25) is 0 Å². The Balaban J connectivity index is 3.92. The summed E-state index contributed by atoms with van der Waals surface area (Å²) in [6, 6.07) is 0. The van der Waals surface area contributed by atoms with Crippen LogP contribution in [0.25, 0.3) is 0 Å². The molecule has 8 heavy (non-hydrogen) atoms. The van der Waals surface area contributed by atoms with Crippen LogP contribution in [0.2, 0.25) is 0 Å². The standard InChI is InChI=1S/C4H4Cl2O2/c5-1-3(2-6)4(7)8/h1H,2H2,(H,7,8). The van der Waals surface area contributed by atoms with Crippen LogP contribution in [0.3, 0.4) is 0 Å². The van der Waals surface area contributed by atoms with Gasteiger partial charge in [0, 0.05) is 5.54 Å². The molecule has 0 spiro atoms. The molecule has 0 radical (unpaired) electrons. The molecular formula is C4H4Cl2O2. The van der Waals surface area contributed by atoms with E-state index in [1.165, 1.54) is 0 Å². The minimum atomic E-state index is -1.07. The van der Waals surface area contributed by atoms with E-state index in [-0.39, 0.29) is 11.5 Å². The average Bonchev–Trinajstić information content (AvgIpc) is 1.69. The Morgan fingerprint density at radius 3 is 2.25 bits per heavy atom. The van der Waals surface area contributed by atoms with Crippen LogP contribution < -0.4 is 0 Å². The Labute approximate surface area is 56.7 Å². The van der Waals surface area contributed by atoms with Crippen molar-refractivity contribution in [1.82, 2.24) is 0 Å². The van der Waals surface area contributed by atoms with E-state index in [2.05, 4.69) is 0 Å². The van der Waals surface area contributed by atoms with Crippen molar-refractivity contribution in [3.63, 3.8) is 0 Å². The van der Waals surface area contributed by atoms with E-state index in [4.69, 9.17) is 28.3 Å². The summed E-state index contributed by atoms with van der Waals surface area (Å²) in [7, 11) is 0. The highest BCUT2D eigenvalue weighted by atomic mass is 35.5. The molecule has 0 heterocycles. The maximum Gasteiger partial charge on any atom is 0.333 e. The van der Waals surface area contributed by atoms with Gasteiger partial charge in [-0.25, -0.2) is 4.79 Å². The summed E-state index contributed by atoms with van der Waals surface area (Å²) in [4.78, 5) is 9.92. The third-order valence-corrected chi connectivity index (χ3v) is 1.10. The normalized spacial score (nSPS) is 11.5. The van der Waals surface area contributed by atoms with Gasteiger partial charge >= 0.3 is 5.97 Å². The van der Waals surface area contributed by atoms with Crippen LogP contribution >= 0.6 is 23.2 Å². The maximum absolute atomic E-state index is 9.92. The lowest BCUT2D eigenvalue weighted by atomic mass is 10.4. The molecule has 0 aromatic heterocycles. The molecule has 0 saturated carbocycles. The first-order valence-corrected chi connectivity index (χ1v) is 2.78. The first kappa shape index (κ1) is 7.79. The van der Waals surface area contributed by atoms with E-state index in [0.29, 0.717) is 0 Å². The fourth-order valence-corrected chi connectivity index (χ4v) is 0.574. The number of carboxylic acid groups (broad SMARTS) is 1. The molecule has 0 aliphatic carbocycles. The van der Waals surface area contributed by atoms with Crippen molar-refractivity contribution >= 4 is 29.2 Å². The van der Waals surface area contributed by atoms with Crippen LogP contribution in [0.15, 0.2) is 11.1 Å². The van der Waals surface area contributed by atoms with Crippen LogP contribution in [0.1, 0.15) is 0 Å². The number of rotatable bonds is 2. The van der Waals surface area contributed by atoms with Crippen LogP contribution in [-0.4, -0.2) is 17.0 Å². The van der Waals surface area contributed by atoms with E-state index >= 15 is 0 Å². The second kappa shape index (κ2) is 3.75. The first-order valence-electron chi connectivity index (χ1n) is 1.81. The second-order valence-corrected chi connectivity index (χ2v) is 1.56. The highest BCUT2D eigenvalue weighted by Crippen LogP contribution is 1.98. The molecule has 0 saturated heterocycles. The Bertz CT molecular complexity index is 119. The number of aliphatic carboxylic acids is 1. The summed E-state index contributed by atoms with van der Waals surface area (Å²) >= 11 is 10.2. The molecular weight excluding hydrogens is 151 g/mol. The molecule has 0 bridgehead atoms. The topological polar surface area (TPSA) is 37.3 Å². The second-order valence-electron chi connectivity index (χ2n) is 1.07. The van der Waals surface area contributed by atoms with Gasteiger partial charge in [-0.15, -0.1) is 11.6 Å². The molecule has 0 fully saturated rings. The fourth-order valence-electron chi connectivity index (χ4n) is 0.133. The van der Waals surface area contributed by atoms with Gasteiger partial charge in [0.05, 0.1) is 11.5 Å². The highest BCUT2D eigenvalue weighted by molar-refractivity contribution is 6.29. The minimum absolute atomic E-state index is 0.00772. The summed E-state index contributed by atoms with van der Waals surface area (Å²) in [5, 5.41) is 8.14. The summed E-state index contributed by atoms with van der Waals surface area (Å²) in [5.74, 6) is -1.13. The predicted molar refractivity (Wildman–Crippen MR) is 32.3 cm³/mol. The van der Waals surface area contributed by atoms with Crippen molar-refractivity contribution in [2.75, 3.05) is 5.88 Å². The van der Waals surface area contributed by atoms with Gasteiger partial charge in [-0.2, -0.15) is 0 Å². The Morgan fingerprint density at radius 2 is 2.25 bits per heavy atom. The Kier molecular flexibility index (Phi) is 3.65. The fraction of sp³-hybridized carbons (Fsp3) is 0.250. The first-order chi connectivity index (χ1) is 3.72.